The van der Waals surface area contributed by atoms with Gasteiger partial charge in [0.05, 0.1) is 16.0 Å². The van der Waals surface area contributed by atoms with E-state index in [1.54, 1.807) is 6.07 Å². The summed E-state index contributed by atoms with van der Waals surface area (Å²) >= 11 is 0.966. The Bertz CT molecular complexity index is 413. The molecule has 0 saturated carbocycles. The van der Waals surface area contributed by atoms with Crippen LogP contribution in [0.15, 0.2) is 17.3 Å². The van der Waals surface area contributed by atoms with Crippen molar-refractivity contribution < 1.29 is 14.6 Å². The van der Waals surface area contributed by atoms with E-state index in [-0.39, 0.29) is 5.00 Å². The summed E-state index contributed by atoms with van der Waals surface area (Å²) in [6, 6.07) is 2.92. The average molecular weight is 242 g/mol. The van der Waals surface area contributed by atoms with Gasteiger partial charge in [-0.1, -0.05) is 23.4 Å². The molecule has 0 spiro atoms. The second-order valence-corrected chi connectivity index (χ2v) is 3.97. The lowest BCUT2D eigenvalue weighted by Crippen LogP contribution is -1.98. The molecule has 86 valence electrons. The number of carbonyl (C=O) groups excluding carboxylic acids is 1. The molecule has 0 N–H and O–H groups in total. The van der Waals surface area contributed by atoms with Gasteiger partial charge >= 0.3 is 11.0 Å². The summed E-state index contributed by atoms with van der Waals surface area (Å²) in [4.78, 5) is 25.9. The minimum atomic E-state index is -0.481. The smallest absolute Gasteiger partial charge is 0.318 e. The molecule has 1 heterocycles. The van der Waals surface area contributed by atoms with E-state index in [0.29, 0.717) is 17.7 Å². The number of hydrogen-bond acceptors (Lipinski definition) is 6. The second-order valence-electron chi connectivity index (χ2n) is 2.88. The van der Waals surface area contributed by atoms with Crippen molar-refractivity contribution in [1.82, 2.24) is 0 Å². The van der Waals surface area contributed by atoms with Crippen molar-refractivity contribution in [1.29, 1.82) is 0 Å². The maximum absolute atomic E-state index is 10.9. The molecule has 0 amide bonds. The second kappa shape index (κ2) is 5.96. The average Bonchev–Trinajstić information content (AvgIpc) is 2.67. The first-order valence-electron chi connectivity index (χ1n) is 4.61. The molecule has 0 aromatic carbocycles. The molecule has 0 aliphatic rings. The Hall–Kier alpha value is -1.76. The topological polar surface area (TPSA) is 81.8 Å². The first kappa shape index (κ1) is 12.3. The fraction of sp³-hybridized carbons (Fsp3) is 0.333. The lowest BCUT2D eigenvalue weighted by Gasteiger charge is -1.92. The van der Waals surface area contributed by atoms with Crippen molar-refractivity contribution in [3.63, 3.8) is 0 Å². The van der Waals surface area contributed by atoms with E-state index in [0.717, 1.165) is 11.3 Å². The molecule has 1 aromatic heterocycles. The molecule has 0 fully saturated rings. The zero-order valence-corrected chi connectivity index (χ0v) is 9.40. The monoisotopic (exact) mass is 242 g/mol. The third-order valence-corrected chi connectivity index (χ3v) is 2.55. The maximum atomic E-state index is 10.9. The van der Waals surface area contributed by atoms with Crippen molar-refractivity contribution in [2.24, 2.45) is 5.16 Å². The van der Waals surface area contributed by atoms with Crippen LogP contribution in [0.5, 0.6) is 0 Å². The van der Waals surface area contributed by atoms with Gasteiger partial charge in [-0.3, -0.25) is 10.1 Å². The summed E-state index contributed by atoms with van der Waals surface area (Å²) in [5.74, 6) is -0.412. The number of oxime groups is 1. The Kier molecular flexibility index (Phi) is 4.59. The van der Waals surface area contributed by atoms with Gasteiger partial charge in [-0.25, -0.2) is 4.79 Å². The summed E-state index contributed by atoms with van der Waals surface area (Å²) in [5.41, 5.74) is 0. The van der Waals surface area contributed by atoms with Gasteiger partial charge in [0.25, 0.3) is 0 Å². The third kappa shape index (κ3) is 3.77. The molecule has 7 heteroatoms. The molecule has 1 aromatic rings. The van der Waals surface area contributed by atoms with E-state index in [1.165, 1.54) is 12.3 Å². The van der Waals surface area contributed by atoms with Gasteiger partial charge < -0.3 is 4.84 Å². The van der Waals surface area contributed by atoms with Crippen LogP contribution in [-0.2, 0) is 9.63 Å². The fourth-order valence-electron chi connectivity index (χ4n) is 0.897. The Labute approximate surface area is 95.7 Å². The van der Waals surface area contributed by atoms with Crippen molar-refractivity contribution in [3.05, 3.63) is 27.1 Å². The lowest BCUT2D eigenvalue weighted by molar-refractivity contribution is -0.380. The highest BCUT2D eigenvalue weighted by Crippen LogP contribution is 2.22. The van der Waals surface area contributed by atoms with Gasteiger partial charge in [-0.05, 0) is 12.5 Å². The number of thiophene rings is 1. The number of nitrogens with zero attached hydrogens (tertiary/aromatic N) is 2. The highest BCUT2D eigenvalue weighted by Gasteiger charge is 2.08. The lowest BCUT2D eigenvalue weighted by atomic mass is 10.3. The predicted molar refractivity (Wildman–Crippen MR) is 59.6 cm³/mol. The molecule has 1 rings (SSSR count). The van der Waals surface area contributed by atoms with Crippen LogP contribution in [0, 0.1) is 10.1 Å². The van der Waals surface area contributed by atoms with E-state index in [2.05, 4.69) is 9.99 Å². The molecule has 0 aliphatic heterocycles. The van der Waals surface area contributed by atoms with Crippen LogP contribution in [0.2, 0.25) is 0 Å². The number of carbonyl (C=O) groups is 1. The maximum Gasteiger partial charge on any atom is 0.335 e. The summed E-state index contributed by atoms with van der Waals surface area (Å²) in [7, 11) is 0. The first-order valence-corrected chi connectivity index (χ1v) is 5.42. The summed E-state index contributed by atoms with van der Waals surface area (Å²) in [6.07, 6.45) is 2.28. The minimum absolute atomic E-state index is 0.0290. The largest absolute Gasteiger partial charge is 0.335 e. The molecule has 0 unspecified atom stereocenters. The van der Waals surface area contributed by atoms with Crippen molar-refractivity contribution >= 4 is 28.5 Å². The standard InChI is InChI=1S/C9H10N2O4S/c1-2-3-9(12)15-10-6-7-4-5-8(16-7)11(13)14/h4-6H,2-3H2,1H3. The summed E-state index contributed by atoms with van der Waals surface area (Å²) in [5, 5.41) is 13.8. The van der Waals surface area contributed by atoms with Gasteiger partial charge in [-0.2, -0.15) is 0 Å². The minimum Gasteiger partial charge on any atom is -0.318 e. The molecule has 0 atom stereocenters. The Morgan fingerprint density at radius 3 is 3.00 bits per heavy atom. The van der Waals surface area contributed by atoms with E-state index in [1.807, 2.05) is 6.92 Å². The van der Waals surface area contributed by atoms with Crippen LogP contribution in [0.3, 0.4) is 0 Å². The molecule has 0 aliphatic carbocycles. The highest BCUT2D eigenvalue weighted by atomic mass is 32.1. The van der Waals surface area contributed by atoms with Crippen molar-refractivity contribution in [3.8, 4) is 0 Å². The Morgan fingerprint density at radius 1 is 1.69 bits per heavy atom. The van der Waals surface area contributed by atoms with Gasteiger partial charge in [-0.15, -0.1) is 0 Å². The summed E-state index contributed by atoms with van der Waals surface area (Å²) < 4.78 is 0. The van der Waals surface area contributed by atoms with Crippen LogP contribution in [-0.4, -0.2) is 17.1 Å². The van der Waals surface area contributed by atoms with Gasteiger partial charge in [0.1, 0.15) is 0 Å². The van der Waals surface area contributed by atoms with E-state index in [4.69, 9.17) is 0 Å². The molecule has 0 saturated heterocycles. The predicted octanol–water partition coefficient (Wildman–Crippen LogP) is 2.33. The van der Waals surface area contributed by atoms with E-state index < -0.39 is 10.9 Å². The van der Waals surface area contributed by atoms with Crippen LogP contribution in [0.1, 0.15) is 24.6 Å². The van der Waals surface area contributed by atoms with Crippen LogP contribution < -0.4 is 0 Å². The highest BCUT2D eigenvalue weighted by molar-refractivity contribution is 7.16. The number of nitro groups is 1. The van der Waals surface area contributed by atoms with Crippen LogP contribution in [0.25, 0.3) is 0 Å². The zero-order valence-electron chi connectivity index (χ0n) is 8.58. The number of hydrogen-bond donors (Lipinski definition) is 0. The van der Waals surface area contributed by atoms with Crippen LogP contribution >= 0.6 is 11.3 Å². The van der Waals surface area contributed by atoms with Crippen molar-refractivity contribution in [2.75, 3.05) is 0 Å². The summed E-state index contributed by atoms with van der Waals surface area (Å²) in [6.45, 7) is 1.85. The van der Waals surface area contributed by atoms with Gasteiger partial charge in [0.2, 0.25) is 0 Å². The molecule has 0 bridgehead atoms. The van der Waals surface area contributed by atoms with E-state index >= 15 is 0 Å². The number of rotatable bonds is 5. The van der Waals surface area contributed by atoms with E-state index in [9.17, 15) is 14.9 Å². The Balaban J connectivity index is 2.50. The molecule has 16 heavy (non-hydrogen) atoms. The Morgan fingerprint density at radius 2 is 2.44 bits per heavy atom. The molecule has 6 nitrogen and oxygen atoms in total. The quantitative estimate of drug-likeness (QED) is 0.343. The molecular formula is C9H10N2O4S. The van der Waals surface area contributed by atoms with Gasteiger partial charge in [0.15, 0.2) is 0 Å². The van der Waals surface area contributed by atoms with Gasteiger partial charge in [0, 0.05) is 12.5 Å². The normalized spacial score (nSPS) is 10.6. The SMILES string of the molecule is CCCC(=O)ON=Cc1ccc([N+](=O)[O-])s1. The third-order valence-electron chi connectivity index (χ3n) is 1.58. The van der Waals surface area contributed by atoms with Crippen LogP contribution in [0.4, 0.5) is 5.00 Å². The zero-order chi connectivity index (χ0) is 12.0. The van der Waals surface area contributed by atoms with Crippen molar-refractivity contribution in [2.45, 2.75) is 19.8 Å². The fourth-order valence-corrected chi connectivity index (χ4v) is 1.58. The molecular weight excluding hydrogens is 232 g/mol. The first-order chi connectivity index (χ1) is 7.63. The molecule has 0 radical (unpaired) electrons.